The lowest BCUT2D eigenvalue weighted by Gasteiger charge is -2.28. The van der Waals surface area contributed by atoms with E-state index in [2.05, 4.69) is 0 Å². The number of ketones is 1. The van der Waals surface area contributed by atoms with Crippen LogP contribution in [0.2, 0.25) is 5.82 Å². The van der Waals surface area contributed by atoms with Gasteiger partial charge < -0.3 is 19.2 Å². The third-order valence-electron chi connectivity index (χ3n) is 3.93. The topological polar surface area (TPSA) is 99.1 Å². The molecule has 7 nitrogen and oxygen atoms in total. The first-order valence-electron chi connectivity index (χ1n) is 8.18. The van der Waals surface area contributed by atoms with Crippen molar-refractivity contribution in [2.75, 3.05) is 0 Å². The van der Waals surface area contributed by atoms with E-state index >= 15 is 0 Å². The molecule has 1 aromatic carbocycles. The van der Waals surface area contributed by atoms with Crippen molar-refractivity contribution < 1.29 is 33.5 Å². The van der Waals surface area contributed by atoms with Crippen LogP contribution in [0, 0.1) is 0 Å². The van der Waals surface area contributed by atoms with Gasteiger partial charge in [-0.15, -0.1) is 0 Å². The summed E-state index contributed by atoms with van der Waals surface area (Å²) in [5.74, 6) is -1.37. The molecule has 0 spiro atoms. The van der Waals surface area contributed by atoms with Gasteiger partial charge >= 0.3 is 19.1 Å². The van der Waals surface area contributed by atoms with Gasteiger partial charge in [-0.1, -0.05) is 19.1 Å². The van der Waals surface area contributed by atoms with Gasteiger partial charge in [0, 0.05) is 32.5 Å². The van der Waals surface area contributed by atoms with E-state index in [1.807, 2.05) is 0 Å². The maximum Gasteiger partial charge on any atom is 0.526 e. The number of carbonyl (C=O) groups excluding carboxylic acids is 3. The quantitative estimate of drug-likeness (QED) is 0.476. The Kier molecular flexibility index (Phi) is 6.19. The fraction of sp³-hybridized carbons (Fsp3) is 0.471. The monoisotopic (exact) mass is 348 g/mol. The van der Waals surface area contributed by atoms with Gasteiger partial charge in [-0.05, 0) is 18.1 Å². The molecular weight excluding hydrogens is 327 g/mol. The summed E-state index contributed by atoms with van der Waals surface area (Å²) in [7, 11) is -1.18. The van der Waals surface area contributed by atoms with Gasteiger partial charge in [-0.3, -0.25) is 9.59 Å². The average Bonchev–Trinajstić information content (AvgIpc) is 2.53. The molecule has 0 radical (unpaired) electrons. The highest BCUT2D eigenvalue weighted by molar-refractivity contribution is 6.47. The summed E-state index contributed by atoms with van der Waals surface area (Å²) < 4.78 is 15.3. The highest BCUT2D eigenvalue weighted by atomic mass is 16.7. The van der Waals surface area contributed by atoms with Gasteiger partial charge in [-0.25, -0.2) is 4.79 Å². The predicted octanol–water partition coefficient (Wildman–Crippen LogP) is 1.91. The van der Waals surface area contributed by atoms with Gasteiger partial charge in [0.2, 0.25) is 6.29 Å². The Morgan fingerprint density at radius 3 is 2.72 bits per heavy atom. The van der Waals surface area contributed by atoms with Gasteiger partial charge in [0.05, 0.1) is 0 Å². The maximum atomic E-state index is 12.3. The molecule has 0 saturated carbocycles. The SMILES string of the molecule is CCC(=O)C[C@H]1Cc2cccc(C(=O)OC(C)OC(C)=O)c2OB1O. The Morgan fingerprint density at radius 1 is 1.36 bits per heavy atom. The van der Waals surface area contributed by atoms with E-state index in [0.29, 0.717) is 18.4 Å². The van der Waals surface area contributed by atoms with Crippen LogP contribution in [0.15, 0.2) is 18.2 Å². The number of para-hydroxylation sites is 1. The highest BCUT2D eigenvalue weighted by Gasteiger charge is 2.37. The van der Waals surface area contributed by atoms with Crippen molar-refractivity contribution in [3.8, 4) is 5.75 Å². The number of esters is 2. The summed E-state index contributed by atoms with van der Waals surface area (Å²) in [4.78, 5) is 34.8. The number of rotatable bonds is 6. The van der Waals surface area contributed by atoms with Crippen LogP contribution in [0.3, 0.4) is 0 Å². The number of hydrogen-bond acceptors (Lipinski definition) is 7. The van der Waals surface area contributed by atoms with E-state index in [0.717, 1.165) is 0 Å². The van der Waals surface area contributed by atoms with Crippen molar-refractivity contribution in [3.63, 3.8) is 0 Å². The lowest BCUT2D eigenvalue weighted by Crippen LogP contribution is -2.36. The molecule has 0 bridgehead atoms. The lowest BCUT2D eigenvalue weighted by atomic mass is 9.64. The molecule has 1 heterocycles. The molecule has 1 aliphatic heterocycles. The molecule has 1 N–H and O–H groups in total. The van der Waals surface area contributed by atoms with Crippen molar-refractivity contribution in [3.05, 3.63) is 29.3 Å². The minimum atomic E-state index is -1.18. The number of hydrogen-bond donors (Lipinski definition) is 1. The van der Waals surface area contributed by atoms with E-state index < -0.39 is 25.3 Å². The second-order valence-electron chi connectivity index (χ2n) is 5.95. The molecule has 0 saturated heterocycles. The molecule has 1 aliphatic rings. The second kappa shape index (κ2) is 8.16. The Balaban J connectivity index is 2.17. The third-order valence-corrected chi connectivity index (χ3v) is 3.93. The van der Waals surface area contributed by atoms with E-state index in [9.17, 15) is 19.4 Å². The molecule has 2 rings (SSSR count). The van der Waals surface area contributed by atoms with Crippen molar-refractivity contribution in [2.24, 2.45) is 0 Å². The molecule has 0 amide bonds. The summed E-state index contributed by atoms with van der Waals surface area (Å²) >= 11 is 0. The molecule has 0 fully saturated rings. The van der Waals surface area contributed by atoms with Crippen LogP contribution in [0.5, 0.6) is 5.75 Å². The first-order chi connectivity index (χ1) is 11.8. The van der Waals surface area contributed by atoms with E-state index in [-0.39, 0.29) is 29.3 Å². The minimum Gasteiger partial charge on any atom is -0.535 e. The van der Waals surface area contributed by atoms with Gasteiger partial charge in [0.25, 0.3) is 0 Å². The van der Waals surface area contributed by atoms with Crippen molar-refractivity contribution >= 4 is 24.8 Å². The summed E-state index contributed by atoms with van der Waals surface area (Å²) in [5.41, 5.74) is 0.851. The summed E-state index contributed by atoms with van der Waals surface area (Å²) in [6.45, 7) is 4.41. The van der Waals surface area contributed by atoms with Crippen LogP contribution in [0.25, 0.3) is 0 Å². The van der Waals surface area contributed by atoms with Crippen LogP contribution in [-0.2, 0) is 25.5 Å². The molecule has 8 heteroatoms. The number of benzene rings is 1. The Morgan fingerprint density at radius 2 is 2.08 bits per heavy atom. The summed E-state index contributed by atoms with van der Waals surface area (Å²) in [6, 6.07) is 4.95. The lowest BCUT2D eigenvalue weighted by molar-refractivity contribution is -0.162. The van der Waals surface area contributed by atoms with Crippen LogP contribution in [0.1, 0.15) is 49.5 Å². The predicted molar refractivity (Wildman–Crippen MR) is 89.1 cm³/mol. The molecule has 1 unspecified atom stereocenters. The third kappa shape index (κ3) is 4.82. The molecule has 0 aromatic heterocycles. The average molecular weight is 348 g/mol. The second-order valence-corrected chi connectivity index (χ2v) is 5.95. The molecule has 134 valence electrons. The number of carbonyl (C=O) groups is 3. The number of Topliss-reactive ketones (excluding diaryl/α,β-unsaturated/α-hetero) is 1. The van der Waals surface area contributed by atoms with Crippen LogP contribution < -0.4 is 4.65 Å². The Labute approximate surface area is 146 Å². The van der Waals surface area contributed by atoms with Crippen molar-refractivity contribution in [1.29, 1.82) is 0 Å². The van der Waals surface area contributed by atoms with Crippen LogP contribution in [-0.4, -0.2) is 36.2 Å². The summed E-state index contributed by atoms with van der Waals surface area (Å²) in [5, 5.41) is 10.2. The van der Waals surface area contributed by atoms with Gasteiger partial charge in [0.1, 0.15) is 17.1 Å². The number of fused-ring (bicyclic) bond motifs is 1. The Bertz CT molecular complexity index is 673. The van der Waals surface area contributed by atoms with Crippen molar-refractivity contribution in [1.82, 2.24) is 0 Å². The zero-order valence-electron chi connectivity index (χ0n) is 14.5. The molecular formula is C17H21BO7. The normalized spacial score (nSPS) is 17.1. The molecule has 0 aliphatic carbocycles. The van der Waals surface area contributed by atoms with Crippen molar-refractivity contribution in [2.45, 2.75) is 52.1 Å². The first kappa shape index (κ1) is 19.0. The smallest absolute Gasteiger partial charge is 0.526 e. The van der Waals surface area contributed by atoms with Gasteiger partial charge in [0.15, 0.2) is 0 Å². The van der Waals surface area contributed by atoms with E-state index in [4.69, 9.17) is 14.1 Å². The zero-order chi connectivity index (χ0) is 18.6. The first-order valence-corrected chi connectivity index (χ1v) is 8.18. The number of ether oxygens (including phenoxy) is 2. The fourth-order valence-corrected chi connectivity index (χ4v) is 2.73. The standard InChI is InChI=1S/C17H21BO7/c1-4-14(20)9-13-8-12-6-5-7-15(16(12)25-18(13)22)17(21)24-11(3)23-10(2)19/h5-7,11,13,22H,4,8-9H2,1-3H3/t11?,13-/m1/s1. The fourth-order valence-electron chi connectivity index (χ4n) is 2.73. The largest absolute Gasteiger partial charge is 0.535 e. The molecule has 25 heavy (non-hydrogen) atoms. The van der Waals surface area contributed by atoms with Crippen LogP contribution >= 0.6 is 0 Å². The van der Waals surface area contributed by atoms with E-state index in [1.165, 1.54) is 19.9 Å². The zero-order valence-corrected chi connectivity index (χ0v) is 14.5. The highest BCUT2D eigenvalue weighted by Crippen LogP contribution is 2.36. The van der Waals surface area contributed by atoms with Crippen LogP contribution in [0.4, 0.5) is 0 Å². The molecule has 2 atom stereocenters. The Hall–Kier alpha value is -2.35. The van der Waals surface area contributed by atoms with Gasteiger partial charge in [-0.2, -0.15) is 0 Å². The molecule has 1 aromatic rings. The maximum absolute atomic E-state index is 12.3. The minimum absolute atomic E-state index is 0.0434. The van der Waals surface area contributed by atoms with E-state index in [1.54, 1.807) is 19.1 Å². The summed E-state index contributed by atoms with van der Waals surface area (Å²) in [6.07, 6.45) is -0.00138.